The van der Waals surface area contributed by atoms with Gasteiger partial charge in [0.2, 0.25) is 5.60 Å². The molecule has 3 heterocycles. The fourth-order valence-electron chi connectivity index (χ4n) is 4.71. The van der Waals surface area contributed by atoms with Gasteiger partial charge in [0.05, 0.1) is 23.2 Å². The van der Waals surface area contributed by atoms with Gasteiger partial charge in [-0.25, -0.2) is 0 Å². The van der Waals surface area contributed by atoms with Crippen LogP contribution in [0.4, 0.5) is 26.3 Å². The molecule has 214 valence electrons. The maximum Gasteiger partial charge on any atom is 0.417 e. The number of likely N-dealkylation sites (tertiary alicyclic amines) is 1. The Morgan fingerprint density at radius 3 is 2.13 bits per heavy atom. The van der Waals surface area contributed by atoms with Crippen LogP contribution in [0.15, 0.2) is 42.7 Å². The van der Waals surface area contributed by atoms with Gasteiger partial charge in [-0.3, -0.25) is 14.6 Å². The van der Waals surface area contributed by atoms with Gasteiger partial charge in [-0.15, -0.1) is 12.4 Å². The van der Waals surface area contributed by atoms with Crippen molar-refractivity contribution in [1.29, 1.82) is 0 Å². The van der Waals surface area contributed by atoms with Crippen LogP contribution >= 0.6 is 12.4 Å². The van der Waals surface area contributed by atoms with Crippen LogP contribution in [0.25, 0.3) is 0 Å². The fourth-order valence-corrected chi connectivity index (χ4v) is 4.71. The van der Waals surface area contributed by atoms with E-state index in [0.717, 1.165) is 41.6 Å². The topological polar surface area (TPSA) is 66.0 Å². The van der Waals surface area contributed by atoms with Gasteiger partial charge in [-0.2, -0.15) is 26.3 Å². The number of piperidine rings is 1. The lowest BCUT2D eigenvalue weighted by atomic mass is 9.89. The molecule has 14 heteroatoms. The number of amides is 2. The van der Waals surface area contributed by atoms with E-state index < -0.39 is 46.5 Å². The number of likely N-dealkylation sites (N-methyl/N-ethyl adjacent to an activating group) is 1. The average Bonchev–Trinajstić information content (AvgIpc) is 2.88. The third-order valence-electron chi connectivity index (χ3n) is 6.77. The molecule has 0 radical (unpaired) electrons. The van der Waals surface area contributed by atoms with Crippen molar-refractivity contribution in [3.63, 3.8) is 0 Å². The molecular formula is C25H27ClF6N4O3. The Morgan fingerprint density at radius 1 is 0.897 bits per heavy atom. The molecule has 0 N–H and O–H groups in total. The number of ether oxygens (including phenoxy) is 1. The molecule has 1 aromatic heterocycles. The second-order valence-corrected chi connectivity index (χ2v) is 9.46. The molecule has 4 rings (SSSR count). The molecule has 0 saturated carbocycles. The van der Waals surface area contributed by atoms with Gasteiger partial charge in [-0.1, -0.05) is 0 Å². The molecule has 1 aromatic carbocycles. The first-order valence-electron chi connectivity index (χ1n) is 11.9. The Hall–Kier alpha value is -3.06. The lowest BCUT2D eigenvalue weighted by Gasteiger charge is -2.45. The van der Waals surface area contributed by atoms with Gasteiger partial charge in [0, 0.05) is 45.1 Å². The van der Waals surface area contributed by atoms with E-state index in [1.165, 1.54) is 0 Å². The van der Waals surface area contributed by atoms with Crippen molar-refractivity contribution < 1.29 is 40.7 Å². The minimum absolute atomic E-state index is 0. The molecule has 1 atom stereocenters. The maximum absolute atomic E-state index is 13.8. The molecule has 0 spiro atoms. The van der Waals surface area contributed by atoms with Crippen LogP contribution in [0.3, 0.4) is 0 Å². The van der Waals surface area contributed by atoms with E-state index in [4.69, 9.17) is 4.74 Å². The number of hydrogen-bond donors (Lipinski definition) is 0. The summed E-state index contributed by atoms with van der Waals surface area (Å²) >= 11 is 0. The highest BCUT2D eigenvalue weighted by Gasteiger charge is 2.49. The third-order valence-corrected chi connectivity index (χ3v) is 6.77. The number of nitrogens with zero attached hydrogens (tertiary/aromatic N) is 4. The SMILES string of the molecule is CN1CCN(C(=O)C2(Oc3ccc(C(F)(F)F)cc3)CCCN(C(=O)c3cnccc3C(F)(F)F)C2)CC1.Cl. The largest absolute Gasteiger partial charge is 0.476 e. The van der Waals surface area contributed by atoms with Crippen LogP contribution in [0, 0.1) is 0 Å². The lowest BCUT2D eigenvalue weighted by molar-refractivity contribution is -0.154. The highest BCUT2D eigenvalue weighted by molar-refractivity contribution is 5.96. The monoisotopic (exact) mass is 580 g/mol. The van der Waals surface area contributed by atoms with Crippen molar-refractivity contribution >= 4 is 24.2 Å². The molecular weight excluding hydrogens is 554 g/mol. The van der Waals surface area contributed by atoms with Gasteiger partial charge in [0.25, 0.3) is 11.8 Å². The third kappa shape index (κ3) is 6.75. The van der Waals surface area contributed by atoms with Crippen LogP contribution < -0.4 is 4.74 Å². The zero-order chi connectivity index (χ0) is 27.7. The summed E-state index contributed by atoms with van der Waals surface area (Å²) in [6.07, 6.45) is -7.24. The number of alkyl halides is 6. The summed E-state index contributed by atoms with van der Waals surface area (Å²) in [4.78, 5) is 35.5. The van der Waals surface area contributed by atoms with Crippen LogP contribution in [0.1, 0.15) is 34.3 Å². The number of halogens is 7. The summed E-state index contributed by atoms with van der Waals surface area (Å²) < 4.78 is 85.9. The van der Waals surface area contributed by atoms with Gasteiger partial charge in [0.1, 0.15) is 5.75 Å². The molecule has 0 bridgehead atoms. The Bertz CT molecular complexity index is 1170. The van der Waals surface area contributed by atoms with Crippen molar-refractivity contribution in [3.05, 3.63) is 59.4 Å². The van der Waals surface area contributed by atoms with Crippen LogP contribution in [-0.2, 0) is 17.1 Å². The normalized spacial score (nSPS) is 20.8. The molecule has 2 amide bonds. The van der Waals surface area contributed by atoms with Crippen LogP contribution in [0.2, 0.25) is 0 Å². The number of carbonyl (C=O) groups is 2. The summed E-state index contributed by atoms with van der Waals surface area (Å²) in [6, 6.07) is 4.52. The van der Waals surface area contributed by atoms with E-state index >= 15 is 0 Å². The number of benzene rings is 1. The summed E-state index contributed by atoms with van der Waals surface area (Å²) in [6.45, 7) is 1.58. The summed E-state index contributed by atoms with van der Waals surface area (Å²) in [5.74, 6) is -1.45. The number of aromatic nitrogens is 1. The number of rotatable bonds is 4. The molecule has 2 fully saturated rings. The second-order valence-electron chi connectivity index (χ2n) is 9.46. The van der Waals surface area contributed by atoms with E-state index in [0.29, 0.717) is 32.2 Å². The van der Waals surface area contributed by atoms with Crippen molar-refractivity contribution in [2.45, 2.75) is 30.8 Å². The molecule has 2 aromatic rings. The highest BCUT2D eigenvalue weighted by Crippen LogP contribution is 2.36. The Kier molecular flexibility index (Phi) is 9.06. The molecule has 2 aliphatic rings. The fraction of sp³-hybridized carbons (Fsp3) is 0.480. The van der Waals surface area contributed by atoms with Crippen LogP contribution in [-0.4, -0.2) is 83.4 Å². The lowest BCUT2D eigenvalue weighted by Crippen LogP contribution is -2.64. The second kappa shape index (κ2) is 11.6. The first kappa shape index (κ1) is 30.5. The zero-order valence-corrected chi connectivity index (χ0v) is 21.7. The van der Waals surface area contributed by atoms with Gasteiger partial charge >= 0.3 is 12.4 Å². The first-order chi connectivity index (χ1) is 17.8. The van der Waals surface area contributed by atoms with E-state index in [9.17, 15) is 35.9 Å². The van der Waals surface area contributed by atoms with Gasteiger partial charge in [-0.05, 0) is 50.2 Å². The van der Waals surface area contributed by atoms with Crippen LogP contribution in [0.5, 0.6) is 5.75 Å². The zero-order valence-electron chi connectivity index (χ0n) is 20.9. The predicted molar refractivity (Wildman–Crippen MR) is 131 cm³/mol. The van der Waals surface area contributed by atoms with E-state index in [-0.39, 0.29) is 44.1 Å². The molecule has 2 aliphatic heterocycles. The highest BCUT2D eigenvalue weighted by atomic mass is 35.5. The summed E-state index contributed by atoms with van der Waals surface area (Å²) in [5, 5.41) is 0. The molecule has 0 aliphatic carbocycles. The van der Waals surface area contributed by atoms with Gasteiger partial charge < -0.3 is 19.4 Å². The van der Waals surface area contributed by atoms with E-state index in [1.54, 1.807) is 4.90 Å². The number of pyridine rings is 1. The molecule has 1 unspecified atom stereocenters. The predicted octanol–water partition coefficient (Wildman–Crippen LogP) is 4.37. The summed E-state index contributed by atoms with van der Waals surface area (Å²) in [7, 11) is 1.89. The number of piperazine rings is 1. The van der Waals surface area contributed by atoms with Crippen molar-refractivity contribution in [1.82, 2.24) is 19.7 Å². The van der Waals surface area contributed by atoms with Crippen molar-refractivity contribution in [2.24, 2.45) is 0 Å². The maximum atomic E-state index is 13.8. The van der Waals surface area contributed by atoms with E-state index in [2.05, 4.69) is 4.98 Å². The number of hydrogen-bond acceptors (Lipinski definition) is 5. The quantitative estimate of drug-likeness (QED) is 0.503. The average molecular weight is 581 g/mol. The minimum atomic E-state index is -4.80. The molecule has 39 heavy (non-hydrogen) atoms. The molecule has 7 nitrogen and oxygen atoms in total. The standard InChI is InChI=1S/C25H26F6N4O3.ClH/c1-33-11-13-34(14-12-33)22(37)23(38-18-5-3-17(4-6-18)24(26,27)28)8-2-10-35(16-23)21(36)19-15-32-9-7-20(19)25(29,30)31;/h3-7,9,15H,2,8,10-14,16H2,1H3;1H. The summed E-state index contributed by atoms with van der Waals surface area (Å²) in [5.41, 5.74) is -4.40. The smallest absolute Gasteiger partial charge is 0.417 e. The Labute approximate surface area is 227 Å². The first-order valence-corrected chi connectivity index (χ1v) is 11.9. The Morgan fingerprint density at radius 2 is 1.54 bits per heavy atom. The minimum Gasteiger partial charge on any atom is -0.476 e. The number of carbonyl (C=O) groups excluding carboxylic acids is 2. The van der Waals surface area contributed by atoms with Crippen molar-refractivity contribution in [3.8, 4) is 5.75 Å². The Balaban J connectivity index is 0.00000420. The van der Waals surface area contributed by atoms with Gasteiger partial charge in [0.15, 0.2) is 0 Å². The van der Waals surface area contributed by atoms with Crippen molar-refractivity contribution in [2.75, 3.05) is 46.3 Å². The van der Waals surface area contributed by atoms with E-state index in [1.807, 2.05) is 11.9 Å². The molecule has 2 saturated heterocycles.